The van der Waals surface area contributed by atoms with Crippen molar-refractivity contribution in [3.05, 3.63) is 77.7 Å². The Hall–Kier alpha value is -6.16. The van der Waals surface area contributed by atoms with Crippen molar-refractivity contribution in [2.24, 2.45) is 0 Å². The van der Waals surface area contributed by atoms with Gasteiger partial charge in [-0.1, -0.05) is 0 Å². The van der Waals surface area contributed by atoms with E-state index < -0.39 is 0 Å². The van der Waals surface area contributed by atoms with Gasteiger partial charge in [-0.15, -0.1) is 0 Å². The molecular formula is C41H48N12O4. The van der Waals surface area contributed by atoms with Crippen LogP contribution in [0.25, 0.3) is 0 Å². The summed E-state index contributed by atoms with van der Waals surface area (Å²) in [5.41, 5.74) is 9.30. The van der Waals surface area contributed by atoms with E-state index in [1.54, 1.807) is 4.90 Å². The summed E-state index contributed by atoms with van der Waals surface area (Å²) >= 11 is 0. The molecule has 3 N–H and O–H groups in total. The van der Waals surface area contributed by atoms with E-state index in [-0.39, 0.29) is 17.8 Å². The van der Waals surface area contributed by atoms with E-state index in [9.17, 15) is 14.4 Å². The van der Waals surface area contributed by atoms with Gasteiger partial charge in [0.15, 0.2) is 0 Å². The van der Waals surface area contributed by atoms with E-state index in [4.69, 9.17) is 9.72 Å². The van der Waals surface area contributed by atoms with Crippen molar-refractivity contribution in [3.63, 3.8) is 0 Å². The number of benzene rings is 2. The van der Waals surface area contributed by atoms with Crippen molar-refractivity contribution in [1.82, 2.24) is 30.1 Å². The van der Waals surface area contributed by atoms with Crippen molar-refractivity contribution in [2.45, 2.75) is 26.3 Å². The Morgan fingerprint density at radius 2 is 1.49 bits per heavy atom. The predicted octanol–water partition coefficient (Wildman–Crippen LogP) is 3.21. The summed E-state index contributed by atoms with van der Waals surface area (Å²) in [6, 6.07) is 15.9. The lowest BCUT2D eigenvalue weighted by Crippen LogP contribution is -2.54. The minimum Gasteiger partial charge on any atom is -0.474 e. The van der Waals surface area contributed by atoms with Crippen LogP contribution in [0.3, 0.4) is 0 Å². The molecule has 4 amide bonds. The Bertz CT molecular complexity index is 2130. The number of nitrogens with zero attached hydrogens (tertiary/aromatic N) is 9. The second-order valence-corrected chi connectivity index (χ2v) is 15.1. The number of piperazine rings is 2. The summed E-state index contributed by atoms with van der Waals surface area (Å²) in [7, 11) is 0. The minimum atomic E-state index is -0.378. The number of hydrogen-bond donors (Lipinski definition) is 3. The molecule has 4 aromatic rings. The van der Waals surface area contributed by atoms with Gasteiger partial charge in [0.2, 0.25) is 23.6 Å². The lowest BCUT2D eigenvalue weighted by molar-refractivity contribution is -0.132. The number of urea groups is 1. The molecule has 16 nitrogen and oxygen atoms in total. The molecule has 0 atom stereocenters. The van der Waals surface area contributed by atoms with Gasteiger partial charge in [-0.2, -0.15) is 0 Å². The first-order valence-corrected chi connectivity index (χ1v) is 19.9. The molecule has 5 aliphatic heterocycles. The van der Waals surface area contributed by atoms with Crippen molar-refractivity contribution >= 4 is 57.9 Å². The zero-order chi connectivity index (χ0) is 38.9. The Morgan fingerprint density at radius 3 is 2.23 bits per heavy atom. The van der Waals surface area contributed by atoms with E-state index in [1.807, 2.05) is 41.6 Å². The molecule has 0 saturated carbocycles. The zero-order valence-electron chi connectivity index (χ0n) is 32.2. The molecule has 3 saturated heterocycles. The topological polar surface area (TPSA) is 155 Å². The van der Waals surface area contributed by atoms with Gasteiger partial charge < -0.3 is 35.0 Å². The molecule has 7 heterocycles. The van der Waals surface area contributed by atoms with E-state index >= 15 is 0 Å². The van der Waals surface area contributed by atoms with Crippen LogP contribution in [-0.2, 0) is 22.6 Å². The van der Waals surface area contributed by atoms with E-state index in [2.05, 4.69) is 76.7 Å². The summed E-state index contributed by atoms with van der Waals surface area (Å²) in [5, 5.41) is 9.21. The third kappa shape index (κ3) is 7.81. The van der Waals surface area contributed by atoms with Crippen LogP contribution in [0.2, 0.25) is 0 Å². The zero-order valence-corrected chi connectivity index (χ0v) is 32.2. The number of carbonyl (C=O) groups is 3. The monoisotopic (exact) mass is 772 g/mol. The number of nitrogens with one attached hydrogen (secondary N) is 3. The van der Waals surface area contributed by atoms with Gasteiger partial charge in [0.05, 0.1) is 30.7 Å². The Morgan fingerprint density at radius 1 is 0.789 bits per heavy atom. The van der Waals surface area contributed by atoms with Crippen LogP contribution in [0.1, 0.15) is 23.2 Å². The van der Waals surface area contributed by atoms with Gasteiger partial charge in [0.25, 0.3) is 0 Å². The standard InChI is InChI=1S/C41H48N12O4/c1-28-35(25-43-39-38(28)42-12-23-57-39)52-13-10-29-24-44-40(46-34(29)26-52)45-30-2-4-31(5-3-30)50-19-21-51(22-20-50)37(55)27-48-15-17-49(18-16-48)32-6-8-33(9-7-32)53-14-11-36(54)47-41(53)56/h2-9,24-25,42H,10-23,26-27H2,1H3,(H,44,45,46)(H,47,54,56). The fraction of sp³-hybridized carbons (Fsp3) is 0.415. The SMILES string of the molecule is Cc1c(N2CCc3cnc(Nc4ccc(N5CCN(C(=O)CN6CCN(c7ccc(N8CCC(=O)NC8=O)cc7)CC6)CC5)cc4)nc3C2)cnc2c1NCCO2. The number of pyridine rings is 1. The van der Waals surface area contributed by atoms with E-state index in [0.717, 1.165) is 104 Å². The van der Waals surface area contributed by atoms with Crippen LogP contribution in [0.15, 0.2) is 60.9 Å². The maximum atomic E-state index is 13.3. The third-order valence-corrected chi connectivity index (χ3v) is 11.6. The molecular weight excluding hydrogens is 725 g/mol. The van der Waals surface area contributed by atoms with Crippen LogP contribution < -0.4 is 40.3 Å². The molecule has 5 aliphatic rings. The first-order chi connectivity index (χ1) is 27.8. The first-order valence-electron chi connectivity index (χ1n) is 19.9. The fourth-order valence-electron chi connectivity index (χ4n) is 8.31. The summed E-state index contributed by atoms with van der Waals surface area (Å²) in [4.78, 5) is 63.9. The summed E-state index contributed by atoms with van der Waals surface area (Å²) in [6.45, 7) is 12.1. The molecule has 296 valence electrons. The van der Waals surface area contributed by atoms with Crippen LogP contribution in [0, 0.1) is 6.92 Å². The molecule has 0 radical (unpaired) electrons. The molecule has 16 heteroatoms. The van der Waals surface area contributed by atoms with Gasteiger partial charge >= 0.3 is 6.03 Å². The number of anilines is 7. The summed E-state index contributed by atoms with van der Waals surface area (Å²) < 4.78 is 5.73. The van der Waals surface area contributed by atoms with Crippen LogP contribution in [0.5, 0.6) is 5.88 Å². The van der Waals surface area contributed by atoms with Gasteiger partial charge in [-0.3, -0.25) is 24.7 Å². The summed E-state index contributed by atoms with van der Waals surface area (Å²) in [6.07, 6.45) is 5.02. The number of amides is 4. The lowest BCUT2D eigenvalue weighted by Gasteiger charge is -2.39. The average Bonchev–Trinajstić information content (AvgIpc) is 3.24. The highest BCUT2D eigenvalue weighted by Crippen LogP contribution is 2.36. The number of fused-ring (bicyclic) bond motifs is 2. The van der Waals surface area contributed by atoms with E-state index in [1.165, 1.54) is 5.56 Å². The van der Waals surface area contributed by atoms with Crippen LogP contribution >= 0.6 is 0 Å². The fourth-order valence-corrected chi connectivity index (χ4v) is 8.31. The number of imide groups is 1. The predicted molar refractivity (Wildman–Crippen MR) is 219 cm³/mol. The molecule has 2 aromatic heterocycles. The number of ether oxygens (including phenoxy) is 1. The Balaban J connectivity index is 0.727. The smallest absolute Gasteiger partial charge is 0.328 e. The average molecular weight is 773 g/mol. The minimum absolute atomic E-state index is 0.180. The van der Waals surface area contributed by atoms with Crippen molar-refractivity contribution in [3.8, 4) is 5.88 Å². The highest BCUT2D eigenvalue weighted by Gasteiger charge is 2.28. The van der Waals surface area contributed by atoms with Gasteiger partial charge in [0.1, 0.15) is 12.3 Å². The van der Waals surface area contributed by atoms with Crippen LogP contribution in [0.4, 0.5) is 44.9 Å². The second kappa shape index (κ2) is 15.8. The second-order valence-electron chi connectivity index (χ2n) is 15.1. The normalized spacial score (nSPS) is 18.6. The highest BCUT2D eigenvalue weighted by molar-refractivity contribution is 6.05. The molecule has 57 heavy (non-hydrogen) atoms. The quantitative estimate of drug-likeness (QED) is 0.241. The van der Waals surface area contributed by atoms with Gasteiger partial charge in [0, 0.05) is 113 Å². The van der Waals surface area contributed by atoms with Crippen molar-refractivity contribution < 1.29 is 19.1 Å². The molecule has 0 bridgehead atoms. The number of rotatable bonds is 8. The molecule has 2 aromatic carbocycles. The molecule has 9 rings (SSSR count). The van der Waals surface area contributed by atoms with E-state index in [0.29, 0.717) is 57.6 Å². The number of hydrogen-bond acceptors (Lipinski definition) is 13. The highest BCUT2D eigenvalue weighted by atomic mass is 16.5. The maximum Gasteiger partial charge on any atom is 0.328 e. The molecule has 0 unspecified atom stereocenters. The van der Waals surface area contributed by atoms with Crippen LogP contribution in [-0.4, -0.2) is 128 Å². The molecule has 0 aliphatic carbocycles. The number of carbonyl (C=O) groups excluding carboxylic acids is 3. The third-order valence-electron chi connectivity index (χ3n) is 11.6. The Labute approximate surface area is 331 Å². The van der Waals surface area contributed by atoms with Crippen molar-refractivity contribution in [2.75, 3.05) is 115 Å². The Kier molecular flexibility index (Phi) is 10.1. The lowest BCUT2D eigenvalue weighted by atomic mass is 10.0. The van der Waals surface area contributed by atoms with Gasteiger partial charge in [-0.05, 0) is 67.4 Å². The largest absolute Gasteiger partial charge is 0.474 e. The first kappa shape index (κ1) is 36.5. The maximum absolute atomic E-state index is 13.3. The van der Waals surface area contributed by atoms with Crippen molar-refractivity contribution in [1.29, 1.82) is 0 Å². The summed E-state index contributed by atoms with van der Waals surface area (Å²) in [5.74, 6) is 1.19. The number of aromatic nitrogens is 3. The molecule has 3 fully saturated rings. The molecule has 0 spiro atoms. The van der Waals surface area contributed by atoms with Gasteiger partial charge in [-0.25, -0.2) is 19.7 Å².